The Bertz CT molecular complexity index is 1280. The van der Waals surface area contributed by atoms with Crippen molar-refractivity contribution in [2.24, 2.45) is 7.05 Å². The molecule has 2 aromatic carbocycles. The molecule has 4 aromatic rings. The van der Waals surface area contributed by atoms with Crippen LogP contribution in [0.3, 0.4) is 0 Å². The highest BCUT2D eigenvalue weighted by Gasteiger charge is 2.20. The molecule has 0 saturated heterocycles. The number of nitrogens with zero attached hydrogens (tertiary/aromatic N) is 4. The Morgan fingerprint density at radius 1 is 1.22 bits per heavy atom. The second kappa shape index (κ2) is 8.74. The van der Waals surface area contributed by atoms with Gasteiger partial charge in [0.2, 0.25) is 5.82 Å². The number of carbonyl (C=O) groups is 1. The standard InChI is InChI=1S/C22H22F2N6O2/c1-12(2)26-19(31)11-32-17-7-5-15(20(23)21(17)24)22-27-18(30(3)29-22)9-13-4-6-16-14(8-13)10-25-28-16/h4-8,10,12H,9,11H2,1-3H3,(H,25,28)(H,26,31). The summed E-state index contributed by atoms with van der Waals surface area (Å²) in [6.07, 6.45) is 2.19. The minimum absolute atomic E-state index is 0.0624. The van der Waals surface area contributed by atoms with Crippen LogP contribution < -0.4 is 10.1 Å². The molecule has 0 bridgehead atoms. The molecule has 10 heteroatoms. The highest BCUT2D eigenvalue weighted by atomic mass is 19.2. The Labute approximate surface area is 182 Å². The molecule has 0 fully saturated rings. The summed E-state index contributed by atoms with van der Waals surface area (Å²) in [6, 6.07) is 8.36. The molecular weight excluding hydrogens is 418 g/mol. The smallest absolute Gasteiger partial charge is 0.258 e. The second-order valence-corrected chi connectivity index (χ2v) is 7.69. The van der Waals surface area contributed by atoms with Crippen LogP contribution in [0, 0.1) is 11.6 Å². The van der Waals surface area contributed by atoms with E-state index in [0.29, 0.717) is 12.2 Å². The maximum absolute atomic E-state index is 14.7. The lowest BCUT2D eigenvalue weighted by molar-refractivity contribution is -0.123. The van der Waals surface area contributed by atoms with Crippen LogP contribution in [-0.4, -0.2) is 43.5 Å². The van der Waals surface area contributed by atoms with Gasteiger partial charge in [-0.25, -0.2) is 9.37 Å². The monoisotopic (exact) mass is 440 g/mol. The SMILES string of the molecule is CC(C)NC(=O)COc1ccc(-c2nc(Cc3ccc4[nH]ncc4c3)n(C)n2)c(F)c1F. The first-order valence-corrected chi connectivity index (χ1v) is 10.0. The van der Waals surface area contributed by atoms with Crippen LogP contribution in [0.1, 0.15) is 25.2 Å². The van der Waals surface area contributed by atoms with Crippen molar-refractivity contribution in [2.75, 3.05) is 6.61 Å². The lowest BCUT2D eigenvalue weighted by Crippen LogP contribution is -2.34. The minimum atomic E-state index is -1.20. The van der Waals surface area contributed by atoms with E-state index in [0.717, 1.165) is 16.5 Å². The lowest BCUT2D eigenvalue weighted by Gasteiger charge is -2.11. The molecular formula is C22H22F2N6O2. The number of nitrogens with one attached hydrogen (secondary N) is 2. The third-order valence-electron chi connectivity index (χ3n) is 4.82. The second-order valence-electron chi connectivity index (χ2n) is 7.69. The summed E-state index contributed by atoms with van der Waals surface area (Å²) in [7, 11) is 1.70. The Morgan fingerprint density at radius 3 is 2.81 bits per heavy atom. The van der Waals surface area contributed by atoms with Crippen LogP contribution in [0.25, 0.3) is 22.3 Å². The van der Waals surface area contributed by atoms with Gasteiger partial charge in [0.1, 0.15) is 5.82 Å². The number of aryl methyl sites for hydroxylation is 1. The minimum Gasteiger partial charge on any atom is -0.481 e. The first kappa shape index (κ1) is 21.4. The molecule has 2 heterocycles. The van der Waals surface area contributed by atoms with Gasteiger partial charge in [-0.1, -0.05) is 6.07 Å². The summed E-state index contributed by atoms with van der Waals surface area (Å²) in [6.45, 7) is 3.16. The molecule has 0 spiro atoms. The van der Waals surface area contributed by atoms with Crippen molar-refractivity contribution in [3.63, 3.8) is 0 Å². The zero-order chi connectivity index (χ0) is 22.8. The molecule has 8 nitrogen and oxygen atoms in total. The third-order valence-corrected chi connectivity index (χ3v) is 4.82. The van der Waals surface area contributed by atoms with Crippen LogP contribution in [-0.2, 0) is 18.3 Å². The van der Waals surface area contributed by atoms with Gasteiger partial charge in [0.25, 0.3) is 5.91 Å². The van der Waals surface area contributed by atoms with E-state index in [9.17, 15) is 13.6 Å². The van der Waals surface area contributed by atoms with Crippen LogP contribution in [0.5, 0.6) is 5.75 Å². The molecule has 1 amide bonds. The maximum Gasteiger partial charge on any atom is 0.258 e. The van der Waals surface area contributed by atoms with Gasteiger partial charge in [0.15, 0.2) is 24.0 Å². The Balaban J connectivity index is 1.53. The van der Waals surface area contributed by atoms with Gasteiger partial charge in [0.05, 0.1) is 17.3 Å². The van der Waals surface area contributed by atoms with Crippen LogP contribution >= 0.6 is 0 Å². The number of hydrogen-bond donors (Lipinski definition) is 2. The zero-order valence-electron chi connectivity index (χ0n) is 17.8. The van der Waals surface area contributed by atoms with Crippen molar-refractivity contribution in [3.8, 4) is 17.1 Å². The van der Waals surface area contributed by atoms with Gasteiger partial charge in [-0.2, -0.15) is 14.6 Å². The summed E-state index contributed by atoms with van der Waals surface area (Å²) >= 11 is 0. The number of H-pyrrole nitrogens is 1. The van der Waals surface area contributed by atoms with E-state index in [1.54, 1.807) is 27.1 Å². The number of aromatic amines is 1. The van der Waals surface area contributed by atoms with Crippen molar-refractivity contribution in [2.45, 2.75) is 26.3 Å². The normalized spacial score (nSPS) is 11.3. The number of fused-ring (bicyclic) bond motifs is 1. The fourth-order valence-electron chi connectivity index (χ4n) is 3.29. The van der Waals surface area contributed by atoms with Crippen molar-refractivity contribution in [1.29, 1.82) is 0 Å². The third kappa shape index (κ3) is 4.43. The Hall–Kier alpha value is -3.82. The number of ether oxygens (including phenoxy) is 1. The van der Waals surface area contributed by atoms with E-state index in [1.807, 2.05) is 18.2 Å². The van der Waals surface area contributed by atoms with Crippen LogP contribution in [0.15, 0.2) is 36.5 Å². The van der Waals surface area contributed by atoms with Crippen LogP contribution in [0.2, 0.25) is 0 Å². The number of amides is 1. The molecule has 0 unspecified atom stereocenters. The van der Waals surface area contributed by atoms with Gasteiger partial charge in [-0.05, 0) is 43.7 Å². The van der Waals surface area contributed by atoms with E-state index < -0.39 is 24.1 Å². The van der Waals surface area contributed by atoms with Gasteiger partial charge >= 0.3 is 0 Å². The predicted octanol–water partition coefficient (Wildman–Crippen LogP) is 3.13. The molecule has 0 atom stereocenters. The molecule has 2 N–H and O–H groups in total. The van der Waals surface area contributed by atoms with E-state index in [1.165, 1.54) is 16.8 Å². The molecule has 0 aliphatic heterocycles. The first-order chi connectivity index (χ1) is 15.3. The maximum atomic E-state index is 14.7. The van der Waals surface area contributed by atoms with Gasteiger partial charge in [-0.15, -0.1) is 0 Å². The largest absolute Gasteiger partial charge is 0.481 e. The molecule has 0 aliphatic carbocycles. The number of carbonyl (C=O) groups excluding carboxylic acids is 1. The molecule has 4 rings (SSSR count). The molecule has 0 aliphatic rings. The molecule has 0 radical (unpaired) electrons. The number of benzene rings is 2. The summed E-state index contributed by atoms with van der Waals surface area (Å²) in [5.41, 5.74) is 1.82. The van der Waals surface area contributed by atoms with Crippen molar-refractivity contribution in [1.82, 2.24) is 30.3 Å². The molecule has 166 valence electrons. The van der Waals surface area contributed by atoms with Gasteiger partial charge in [0, 0.05) is 24.9 Å². The van der Waals surface area contributed by atoms with E-state index in [2.05, 4.69) is 25.6 Å². The van der Waals surface area contributed by atoms with Crippen molar-refractivity contribution >= 4 is 16.8 Å². The fourth-order valence-corrected chi connectivity index (χ4v) is 3.29. The van der Waals surface area contributed by atoms with Crippen molar-refractivity contribution < 1.29 is 18.3 Å². The van der Waals surface area contributed by atoms with Crippen LogP contribution in [0.4, 0.5) is 8.78 Å². The molecule has 0 saturated carbocycles. The quantitative estimate of drug-likeness (QED) is 0.460. The highest BCUT2D eigenvalue weighted by Crippen LogP contribution is 2.28. The first-order valence-electron chi connectivity index (χ1n) is 10.0. The molecule has 2 aromatic heterocycles. The Morgan fingerprint density at radius 2 is 2.03 bits per heavy atom. The van der Waals surface area contributed by atoms with Gasteiger partial charge in [-0.3, -0.25) is 14.6 Å². The number of hydrogen-bond acceptors (Lipinski definition) is 5. The highest BCUT2D eigenvalue weighted by molar-refractivity contribution is 5.78. The van der Waals surface area contributed by atoms with E-state index >= 15 is 0 Å². The Kier molecular flexibility index (Phi) is 5.85. The summed E-state index contributed by atoms with van der Waals surface area (Å²) in [5.74, 6) is -2.45. The summed E-state index contributed by atoms with van der Waals surface area (Å²) in [5, 5.41) is 14.7. The fraction of sp³-hybridized carbons (Fsp3) is 0.273. The zero-order valence-corrected chi connectivity index (χ0v) is 17.8. The number of aromatic nitrogens is 5. The topological polar surface area (TPSA) is 97.7 Å². The van der Waals surface area contributed by atoms with E-state index in [4.69, 9.17) is 4.74 Å². The lowest BCUT2D eigenvalue weighted by atomic mass is 10.1. The van der Waals surface area contributed by atoms with Crippen molar-refractivity contribution in [3.05, 3.63) is 59.6 Å². The predicted molar refractivity (Wildman–Crippen MR) is 114 cm³/mol. The molecule has 32 heavy (non-hydrogen) atoms. The number of halogens is 2. The average Bonchev–Trinajstić information content (AvgIpc) is 3.35. The van der Waals surface area contributed by atoms with E-state index in [-0.39, 0.29) is 23.2 Å². The summed E-state index contributed by atoms with van der Waals surface area (Å²) in [4.78, 5) is 16.1. The van der Waals surface area contributed by atoms with Gasteiger partial charge < -0.3 is 10.1 Å². The number of rotatable bonds is 7. The summed E-state index contributed by atoms with van der Waals surface area (Å²) < 4.78 is 35.9. The average molecular weight is 440 g/mol.